The standard InChI is InChI=1S/C17H28N2O/c1-13(2)20-16-8-6-15(7-9-16)14(3)17(18)12-19-10-4-5-11-19/h6-9,13-14,17H,4-5,10-12,18H2,1-3H3. The zero-order valence-corrected chi connectivity index (χ0v) is 13.0. The zero-order chi connectivity index (χ0) is 14.5. The van der Waals surface area contributed by atoms with Crippen LogP contribution < -0.4 is 10.5 Å². The summed E-state index contributed by atoms with van der Waals surface area (Å²) >= 11 is 0. The summed E-state index contributed by atoms with van der Waals surface area (Å²) in [4.78, 5) is 2.48. The highest BCUT2D eigenvalue weighted by molar-refractivity contribution is 5.30. The Morgan fingerprint density at radius 2 is 1.70 bits per heavy atom. The van der Waals surface area contributed by atoms with Crippen LogP contribution in [0.2, 0.25) is 0 Å². The first-order valence-electron chi connectivity index (χ1n) is 7.81. The van der Waals surface area contributed by atoms with Gasteiger partial charge in [0, 0.05) is 12.6 Å². The molecule has 1 aliphatic rings. The van der Waals surface area contributed by atoms with Gasteiger partial charge in [0.05, 0.1) is 6.10 Å². The number of hydrogen-bond acceptors (Lipinski definition) is 3. The molecule has 2 atom stereocenters. The number of benzene rings is 1. The van der Waals surface area contributed by atoms with Crippen molar-refractivity contribution in [2.75, 3.05) is 19.6 Å². The van der Waals surface area contributed by atoms with Gasteiger partial charge in [0.2, 0.25) is 0 Å². The maximum atomic E-state index is 6.37. The van der Waals surface area contributed by atoms with Gasteiger partial charge < -0.3 is 15.4 Å². The van der Waals surface area contributed by atoms with E-state index in [1.54, 1.807) is 0 Å². The normalized spacial score (nSPS) is 19.2. The van der Waals surface area contributed by atoms with Crippen molar-refractivity contribution < 1.29 is 4.74 Å². The third kappa shape index (κ3) is 4.22. The van der Waals surface area contributed by atoms with Gasteiger partial charge in [0.1, 0.15) is 5.75 Å². The van der Waals surface area contributed by atoms with Gasteiger partial charge in [-0.3, -0.25) is 0 Å². The predicted molar refractivity (Wildman–Crippen MR) is 84.3 cm³/mol. The molecule has 3 heteroatoms. The second kappa shape index (κ2) is 7.09. The van der Waals surface area contributed by atoms with Gasteiger partial charge in [-0.15, -0.1) is 0 Å². The van der Waals surface area contributed by atoms with Crippen molar-refractivity contribution in [3.05, 3.63) is 29.8 Å². The van der Waals surface area contributed by atoms with Crippen LogP contribution in [-0.4, -0.2) is 36.7 Å². The highest BCUT2D eigenvalue weighted by Crippen LogP contribution is 2.23. The van der Waals surface area contributed by atoms with Crippen molar-refractivity contribution in [3.63, 3.8) is 0 Å². The third-order valence-electron chi connectivity index (χ3n) is 4.09. The van der Waals surface area contributed by atoms with Crippen molar-refractivity contribution in [2.45, 2.75) is 51.7 Å². The Labute approximate surface area is 123 Å². The fourth-order valence-corrected chi connectivity index (χ4v) is 2.79. The molecule has 0 aromatic heterocycles. The fourth-order valence-electron chi connectivity index (χ4n) is 2.79. The lowest BCUT2D eigenvalue weighted by Gasteiger charge is -2.25. The van der Waals surface area contributed by atoms with Crippen LogP contribution in [0.25, 0.3) is 0 Å². The monoisotopic (exact) mass is 276 g/mol. The smallest absolute Gasteiger partial charge is 0.119 e. The predicted octanol–water partition coefficient (Wildman–Crippen LogP) is 3.00. The minimum atomic E-state index is 0.199. The van der Waals surface area contributed by atoms with Crippen LogP contribution >= 0.6 is 0 Å². The Morgan fingerprint density at radius 1 is 1.10 bits per heavy atom. The van der Waals surface area contributed by atoms with Gasteiger partial charge in [0.15, 0.2) is 0 Å². The van der Waals surface area contributed by atoms with Gasteiger partial charge in [-0.05, 0) is 63.4 Å². The topological polar surface area (TPSA) is 38.5 Å². The van der Waals surface area contributed by atoms with Crippen LogP contribution in [0.1, 0.15) is 45.1 Å². The van der Waals surface area contributed by atoms with Crippen molar-refractivity contribution in [3.8, 4) is 5.75 Å². The van der Waals surface area contributed by atoms with Crippen molar-refractivity contribution >= 4 is 0 Å². The van der Waals surface area contributed by atoms with Gasteiger partial charge in [-0.25, -0.2) is 0 Å². The minimum Gasteiger partial charge on any atom is -0.491 e. The summed E-state index contributed by atoms with van der Waals surface area (Å²) in [6.45, 7) is 9.73. The summed E-state index contributed by atoms with van der Waals surface area (Å²) in [6, 6.07) is 8.59. The molecule has 1 aromatic rings. The molecule has 1 aromatic carbocycles. The lowest BCUT2D eigenvalue weighted by Crippen LogP contribution is -2.39. The Balaban J connectivity index is 1.91. The van der Waals surface area contributed by atoms with Crippen LogP contribution in [0.4, 0.5) is 0 Å². The molecule has 1 heterocycles. The van der Waals surface area contributed by atoms with E-state index in [4.69, 9.17) is 10.5 Å². The van der Waals surface area contributed by atoms with Crippen LogP contribution in [0, 0.1) is 0 Å². The van der Waals surface area contributed by atoms with Crippen molar-refractivity contribution in [1.29, 1.82) is 0 Å². The number of nitrogens with two attached hydrogens (primary N) is 1. The molecule has 0 bridgehead atoms. The second-order valence-electron chi connectivity index (χ2n) is 6.20. The van der Waals surface area contributed by atoms with Crippen LogP contribution in [0.5, 0.6) is 5.75 Å². The fraction of sp³-hybridized carbons (Fsp3) is 0.647. The molecule has 2 rings (SSSR count). The maximum absolute atomic E-state index is 6.37. The Kier molecular flexibility index (Phi) is 5.44. The molecular formula is C17H28N2O. The van der Waals surface area contributed by atoms with E-state index in [0.717, 1.165) is 12.3 Å². The SMILES string of the molecule is CC(C)Oc1ccc(C(C)C(N)CN2CCCC2)cc1. The molecule has 112 valence electrons. The average Bonchev–Trinajstić information content (AvgIpc) is 2.91. The minimum absolute atomic E-state index is 0.199. The van der Waals surface area contributed by atoms with Crippen LogP contribution in [0.3, 0.4) is 0 Å². The molecule has 1 saturated heterocycles. The number of rotatable bonds is 6. The molecule has 0 radical (unpaired) electrons. The van der Waals surface area contributed by atoms with Crippen molar-refractivity contribution in [2.24, 2.45) is 5.73 Å². The molecule has 3 nitrogen and oxygen atoms in total. The first kappa shape index (κ1) is 15.3. The highest BCUT2D eigenvalue weighted by Gasteiger charge is 2.20. The first-order chi connectivity index (χ1) is 9.56. The molecular weight excluding hydrogens is 248 g/mol. The molecule has 1 aliphatic heterocycles. The van der Waals surface area contributed by atoms with Gasteiger partial charge in [-0.1, -0.05) is 19.1 Å². The second-order valence-corrected chi connectivity index (χ2v) is 6.20. The molecule has 1 fully saturated rings. The molecule has 0 saturated carbocycles. The number of nitrogens with zero attached hydrogens (tertiary/aromatic N) is 1. The third-order valence-corrected chi connectivity index (χ3v) is 4.09. The zero-order valence-electron chi connectivity index (χ0n) is 13.0. The first-order valence-corrected chi connectivity index (χ1v) is 7.81. The molecule has 0 spiro atoms. The van der Waals surface area contributed by atoms with E-state index >= 15 is 0 Å². The average molecular weight is 276 g/mol. The van der Waals surface area contributed by atoms with E-state index in [2.05, 4.69) is 36.1 Å². The molecule has 2 unspecified atom stereocenters. The van der Waals surface area contributed by atoms with Crippen LogP contribution in [0.15, 0.2) is 24.3 Å². The number of hydrogen-bond donors (Lipinski definition) is 1. The number of ether oxygens (including phenoxy) is 1. The van der Waals surface area contributed by atoms with Crippen LogP contribution in [-0.2, 0) is 0 Å². The molecule has 20 heavy (non-hydrogen) atoms. The van der Waals surface area contributed by atoms with E-state index in [1.807, 2.05) is 13.8 Å². The Hall–Kier alpha value is -1.06. The number of likely N-dealkylation sites (tertiary alicyclic amines) is 1. The summed E-state index contributed by atoms with van der Waals surface area (Å²) in [5, 5.41) is 0. The van der Waals surface area contributed by atoms with E-state index in [1.165, 1.54) is 31.5 Å². The molecule has 2 N–H and O–H groups in total. The largest absolute Gasteiger partial charge is 0.491 e. The van der Waals surface area contributed by atoms with Crippen molar-refractivity contribution in [1.82, 2.24) is 4.90 Å². The van der Waals surface area contributed by atoms with Gasteiger partial charge in [-0.2, -0.15) is 0 Å². The van der Waals surface area contributed by atoms with E-state index < -0.39 is 0 Å². The van der Waals surface area contributed by atoms with E-state index in [0.29, 0.717) is 5.92 Å². The Morgan fingerprint density at radius 3 is 2.25 bits per heavy atom. The van der Waals surface area contributed by atoms with E-state index in [-0.39, 0.29) is 12.1 Å². The highest BCUT2D eigenvalue weighted by atomic mass is 16.5. The lowest BCUT2D eigenvalue weighted by molar-refractivity contribution is 0.242. The van der Waals surface area contributed by atoms with E-state index in [9.17, 15) is 0 Å². The van der Waals surface area contributed by atoms with Gasteiger partial charge >= 0.3 is 0 Å². The summed E-state index contributed by atoms with van der Waals surface area (Å²) in [7, 11) is 0. The molecule has 0 amide bonds. The summed E-state index contributed by atoms with van der Waals surface area (Å²) < 4.78 is 5.68. The summed E-state index contributed by atoms with van der Waals surface area (Å²) in [5.41, 5.74) is 7.67. The lowest BCUT2D eigenvalue weighted by atomic mass is 9.93. The quantitative estimate of drug-likeness (QED) is 0.868. The maximum Gasteiger partial charge on any atom is 0.119 e. The molecule has 0 aliphatic carbocycles. The summed E-state index contributed by atoms with van der Waals surface area (Å²) in [6.07, 6.45) is 2.86. The summed E-state index contributed by atoms with van der Waals surface area (Å²) in [5.74, 6) is 1.31. The Bertz CT molecular complexity index is 396. The van der Waals surface area contributed by atoms with Gasteiger partial charge in [0.25, 0.3) is 0 Å².